The van der Waals surface area contributed by atoms with E-state index in [2.05, 4.69) is 0 Å². The van der Waals surface area contributed by atoms with Gasteiger partial charge in [-0.1, -0.05) is 0 Å². The van der Waals surface area contributed by atoms with Crippen LogP contribution in [0.1, 0.15) is 0 Å². The normalized spacial score (nSPS) is 34.6. The van der Waals surface area contributed by atoms with Crippen LogP contribution in [0.4, 0.5) is 14.5 Å². The SMILES string of the molecule is Nc1ccc(F)cc1O[C@@H]1CO[C@H]2[C@@H]1OC[C@@H]2F. The molecule has 0 saturated carbocycles. The Morgan fingerprint density at radius 1 is 1.22 bits per heavy atom. The second kappa shape index (κ2) is 4.37. The zero-order chi connectivity index (χ0) is 12.7. The first-order valence-corrected chi connectivity index (χ1v) is 5.74. The van der Waals surface area contributed by atoms with Crippen molar-refractivity contribution in [2.45, 2.75) is 24.5 Å². The molecule has 2 saturated heterocycles. The number of alkyl halides is 1. The van der Waals surface area contributed by atoms with Crippen molar-refractivity contribution in [3.05, 3.63) is 24.0 Å². The number of hydrogen-bond acceptors (Lipinski definition) is 4. The van der Waals surface area contributed by atoms with Gasteiger partial charge in [0, 0.05) is 6.07 Å². The molecule has 1 aromatic carbocycles. The molecule has 0 amide bonds. The van der Waals surface area contributed by atoms with Crippen molar-refractivity contribution in [3.8, 4) is 5.75 Å². The van der Waals surface area contributed by atoms with Crippen molar-refractivity contribution in [1.29, 1.82) is 0 Å². The van der Waals surface area contributed by atoms with Gasteiger partial charge in [-0.25, -0.2) is 8.78 Å². The molecule has 0 aliphatic carbocycles. The first-order chi connectivity index (χ1) is 8.65. The first kappa shape index (κ1) is 11.7. The van der Waals surface area contributed by atoms with E-state index >= 15 is 0 Å². The summed E-state index contributed by atoms with van der Waals surface area (Å²) in [5.41, 5.74) is 6.01. The minimum Gasteiger partial charge on any atom is -0.483 e. The summed E-state index contributed by atoms with van der Waals surface area (Å²) in [6.45, 7) is 0.222. The number of fused-ring (bicyclic) bond motifs is 1. The van der Waals surface area contributed by atoms with Crippen molar-refractivity contribution in [1.82, 2.24) is 0 Å². The highest BCUT2D eigenvalue weighted by Gasteiger charge is 2.49. The number of benzene rings is 1. The van der Waals surface area contributed by atoms with E-state index in [9.17, 15) is 8.78 Å². The van der Waals surface area contributed by atoms with Crippen LogP contribution < -0.4 is 10.5 Å². The van der Waals surface area contributed by atoms with Gasteiger partial charge < -0.3 is 19.9 Å². The molecule has 18 heavy (non-hydrogen) atoms. The van der Waals surface area contributed by atoms with Gasteiger partial charge >= 0.3 is 0 Å². The van der Waals surface area contributed by atoms with Crippen molar-refractivity contribution < 1.29 is 23.0 Å². The molecule has 2 heterocycles. The predicted octanol–water partition coefficient (Wildman–Crippen LogP) is 1.29. The Kier molecular flexibility index (Phi) is 2.83. The lowest BCUT2D eigenvalue weighted by atomic mass is 10.1. The largest absolute Gasteiger partial charge is 0.483 e. The third-order valence-corrected chi connectivity index (χ3v) is 3.20. The van der Waals surface area contributed by atoms with Crippen LogP contribution in [0.2, 0.25) is 0 Å². The second-order valence-electron chi connectivity index (χ2n) is 4.45. The molecule has 3 rings (SSSR count). The van der Waals surface area contributed by atoms with Crippen molar-refractivity contribution >= 4 is 5.69 Å². The maximum absolute atomic E-state index is 13.3. The lowest BCUT2D eigenvalue weighted by Gasteiger charge is -2.18. The zero-order valence-corrected chi connectivity index (χ0v) is 9.51. The van der Waals surface area contributed by atoms with Gasteiger partial charge in [-0.2, -0.15) is 0 Å². The van der Waals surface area contributed by atoms with Gasteiger partial charge in [-0.3, -0.25) is 0 Å². The topological polar surface area (TPSA) is 53.7 Å². The average molecular weight is 257 g/mol. The van der Waals surface area contributed by atoms with Gasteiger partial charge in [0.05, 0.1) is 18.9 Å². The Hall–Kier alpha value is -1.40. The molecule has 2 fully saturated rings. The number of anilines is 1. The molecule has 0 bridgehead atoms. The van der Waals surface area contributed by atoms with Crippen LogP contribution in [0.25, 0.3) is 0 Å². The van der Waals surface area contributed by atoms with E-state index in [1.165, 1.54) is 18.2 Å². The Labute approximate surface area is 103 Å². The quantitative estimate of drug-likeness (QED) is 0.811. The lowest BCUT2D eigenvalue weighted by Crippen LogP contribution is -2.34. The molecule has 4 atom stereocenters. The lowest BCUT2D eigenvalue weighted by molar-refractivity contribution is 0.0283. The van der Waals surface area contributed by atoms with E-state index in [0.29, 0.717) is 5.69 Å². The van der Waals surface area contributed by atoms with Crippen LogP contribution in [0.3, 0.4) is 0 Å². The van der Waals surface area contributed by atoms with Crippen LogP contribution >= 0.6 is 0 Å². The van der Waals surface area contributed by atoms with Crippen molar-refractivity contribution in [2.24, 2.45) is 0 Å². The summed E-state index contributed by atoms with van der Waals surface area (Å²) < 4.78 is 42.6. The Morgan fingerprint density at radius 2 is 2.00 bits per heavy atom. The van der Waals surface area contributed by atoms with Gasteiger partial charge in [-0.15, -0.1) is 0 Å². The summed E-state index contributed by atoms with van der Waals surface area (Å²) in [6.07, 6.45) is -2.64. The smallest absolute Gasteiger partial charge is 0.152 e. The number of rotatable bonds is 2. The second-order valence-corrected chi connectivity index (χ2v) is 4.45. The minimum absolute atomic E-state index is 0.00776. The van der Waals surface area contributed by atoms with Crippen LogP contribution in [-0.2, 0) is 9.47 Å². The van der Waals surface area contributed by atoms with Crippen LogP contribution in [-0.4, -0.2) is 37.7 Å². The number of nitrogens with two attached hydrogens (primary N) is 1. The average Bonchev–Trinajstić information content (AvgIpc) is 2.89. The summed E-state index contributed by atoms with van der Waals surface area (Å²) in [4.78, 5) is 0. The number of nitrogen functional groups attached to an aromatic ring is 1. The molecule has 0 radical (unpaired) electrons. The molecule has 1 aromatic rings. The van der Waals surface area contributed by atoms with Gasteiger partial charge in [0.15, 0.2) is 12.3 Å². The summed E-state index contributed by atoms with van der Waals surface area (Å²) in [5, 5.41) is 0. The third kappa shape index (κ3) is 1.91. The molecule has 2 aliphatic rings. The summed E-state index contributed by atoms with van der Waals surface area (Å²) in [7, 11) is 0. The number of halogens is 2. The van der Waals surface area contributed by atoms with Crippen LogP contribution in [0.15, 0.2) is 18.2 Å². The summed E-state index contributed by atoms with van der Waals surface area (Å²) in [5.74, 6) is -0.208. The van der Waals surface area contributed by atoms with Gasteiger partial charge in [0.1, 0.15) is 23.8 Å². The van der Waals surface area contributed by atoms with Crippen molar-refractivity contribution in [3.63, 3.8) is 0 Å². The van der Waals surface area contributed by atoms with E-state index in [0.717, 1.165) is 0 Å². The van der Waals surface area contributed by atoms with Crippen LogP contribution in [0.5, 0.6) is 5.75 Å². The highest BCUT2D eigenvalue weighted by Crippen LogP contribution is 2.33. The first-order valence-electron chi connectivity index (χ1n) is 5.74. The van der Waals surface area contributed by atoms with Gasteiger partial charge in [0.2, 0.25) is 0 Å². The fourth-order valence-electron chi connectivity index (χ4n) is 2.29. The molecule has 2 N–H and O–H groups in total. The fourth-order valence-corrected chi connectivity index (χ4v) is 2.29. The van der Waals surface area contributed by atoms with Crippen molar-refractivity contribution in [2.75, 3.05) is 18.9 Å². The van der Waals surface area contributed by atoms with Gasteiger partial charge in [0.25, 0.3) is 0 Å². The third-order valence-electron chi connectivity index (χ3n) is 3.20. The molecular weight excluding hydrogens is 244 g/mol. The molecule has 0 unspecified atom stereocenters. The number of ether oxygens (including phenoxy) is 3. The molecule has 0 spiro atoms. The summed E-state index contributed by atoms with van der Waals surface area (Å²) >= 11 is 0. The minimum atomic E-state index is -1.13. The Bertz CT molecular complexity index is 457. The molecular formula is C12H13F2NO3. The predicted molar refractivity (Wildman–Crippen MR) is 59.6 cm³/mol. The zero-order valence-electron chi connectivity index (χ0n) is 9.51. The van der Waals surface area contributed by atoms with E-state index in [-0.39, 0.29) is 19.0 Å². The standard InChI is InChI=1S/C12H13F2NO3/c13-6-1-2-8(15)9(3-6)18-10-5-17-11-7(14)4-16-12(10)11/h1-3,7,10-12H,4-5,15H2/t7-,10+,11+,12+/m0/s1. The van der Waals surface area contributed by atoms with Gasteiger partial charge in [-0.05, 0) is 12.1 Å². The fraction of sp³-hybridized carbons (Fsp3) is 0.500. The van der Waals surface area contributed by atoms with E-state index < -0.39 is 30.3 Å². The molecule has 0 aromatic heterocycles. The van der Waals surface area contributed by atoms with E-state index in [1.54, 1.807) is 0 Å². The maximum atomic E-state index is 13.3. The molecule has 4 nitrogen and oxygen atoms in total. The Balaban J connectivity index is 1.75. The monoisotopic (exact) mass is 257 g/mol. The Morgan fingerprint density at radius 3 is 2.83 bits per heavy atom. The molecule has 98 valence electrons. The van der Waals surface area contributed by atoms with E-state index in [4.69, 9.17) is 19.9 Å². The summed E-state index contributed by atoms with van der Waals surface area (Å²) in [6, 6.07) is 3.87. The van der Waals surface area contributed by atoms with E-state index in [1.807, 2.05) is 0 Å². The number of hydrogen-bond donors (Lipinski definition) is 1. The maximum Gasteiger partial charge on any atom is 0.152 e. The highest BCUT2D eigenvalue weighted by molar-refractivity contribution is 5.52. The molecule has 6 heteroatoms. The molecule has 2 aliphatic heterocycles. The van der Waals surface area contributed by atoms with Crippen LogP contribution in [0, 0.1) is 5.82 Å². The highest BCUT2D eigenvalue weighted by atomic mass is 19.1.